The number of allylic oxidation sites excluding steroid dienone is 1. The van der Waals surface area contributed by atoms with Crippen LogP contribution >= 0.6 is 0 Å². The van der Waals surface area contributed by atoms with E-state index in [1.165, 1.54) is 0 Å². The zero-order valence-electron chi connectivity index (χ0n) is 16.2. The number of anilines is 1. The Kier molecular flexibility index (Phi) is 5.24. The lowest BCUT2D eigenvalue weighted by Gasteiger charge is -2.38. The molecule has 0 spiro atoms. The summed E-state index contributed by atoms with van der Waals surface area (Å²) in [5.41, 5.74) is 2.43. The van der Waals surface area contributed by atoms with Gasteiger partial charge in [-0.25, -0.2) is 0 Å². The minimum atomic E-state index is -0.103. The number of para-hydroxylation sites is 1. The summed E-state index contributed by atoms with van der Waals surface area (Å²) in [7, 11) is 3.28. The smallest absolute Gasteiger partial charge is 0.173 e. The van der Waals surface area contributed by atoms with Gasteiger partial charge in [-0.05, 0) is 31.0 Å². The molecule has 2 aliphatic rings. The first-order chi connectivity index (χ1) is 13.7. The molecule has 3 atom stereocenters. The molecule has 3 unspecified atom stereocenters. The molecular weight excluding hydrogens is 354 g/mol. The van der Waals surface area contributed by atoms with Gasteiger partial charge in [-0.3, -0.25) is 4.79 Å². The van der Waals surface area contributed by atoms with Gasteiger partial charge in [0, 0.05) is 29.8 Å². The van der Waals surface area contributed by atoms with E-state index >= 15 is 0 Å². The molecular formula is C23H25NO4. The van der Waals surface area contributed by atoms with E-state index in [1.54, 1.807) is 20.5 Å². The van der Waals surface area contributed by atoms with Crippen molar-refractivity contribution in [2.45, 2.75) is 31.4 Å². The molecule has 28 heavy (non-hydrogen) atoms. The van der Waals surface area contributed by atoms with Crippen LogP contribution in [-0.4, -0.2) is 32.1 Å². The zero-order valence-corrected chi connectivity index (χ0v) is 16.2. The Labute approximate surface area is 165 Å². The van der Waals surface area contributed by atoms with E-state index in [-0.39, 0.29) is 23.8 Å². The Balaban J connectivity index is 1.48. The first-order valence-electron chi connectivity index (χ1n) is 9.63. The molecule has 1 N–H and O–H groups in total. The second-order valence-electron chi connectivity index (χ2n) is 7.26. The van der Waals surface area contributed by atoms with Gasteiger partial charge in [0.15, 0.2) is 5.78 Å². The number of benzene rings is 2. The van der Waals surface area contributed by atoms with Gasteiger partial charge >= 0.3 is 0 Å². The molecule has 1 saturated carbocycles. The summed E-state index contributed by atoms with van der Waals surface area (Å²) in [4.78, 5) is 13.1. The fraction of sp³-hybridized carbons (Fsp3) is 0.348. The Bertz CT molecular complexity index is 892. The molecule has 5 heteroatoms. The van der Waals surface area contributed by atoms with Crippen molar-refractivity contribution in [3.8, 4) is 11.5 Å². The molecule has 1 aliphatic heterocycles. The van der Waals surface area contributed by atoms with Crippen molar-refractivity contribution in [1.82, 2.24) is 0 Å². The van der Waals surface area contributed by atoms with Gasteiger partial charge in [0.2, 0.25) is 0 Å². The summed E-state index contributed by atoms with van der Waals surface area (Å²) in [6.45, 7) is 0. The number of nitrogens with one attached hydrogen (secondary N) is 1. The topological polar surface area (TPSA) is 56.8 Å². The fourth-order valence-corrected chi connectivity index (χ4v) is 4.14. The molecule has 0 aromatic heterocycles. The van der Waals surface area contributed by atoms with Crippen molar-refractivity contribution in [3.05, 3.63) is 60.4 Å². The van der Waals surface area contributed by atoms with Gasteiger partial charge in [0.05, 0.1) is 32.0 Å². The second-order valence-corrected chi connectivity index (χ2v) is 7.26. The van der Waals surface area contributed by atoms with Crippen LogP contribution in [0.1, 0.15) is 24.8 Å². The standard InChI is InChI=1S/C23H25NO4/c1-26-17-7-5-6-15(12-17)24-16-10-11-19-22(13-16)28-14-20(23(19)25)18-8-3-4-9-21(18)27-2/h3-9,12,14,16,19,22,24H,10-11,13H2,1-2H3. The van der Waals surface area contributed by atoms with E-state index in [2.05, 4.69) is 5.32 Å². The maximum absolute atomic E-state index is 13.1. The minimum Gasteiger partial charge on any atom is -0.497 e. The van der Waals surface area contributed by atoms with Crippen molar-refractivity contribution >= 4 is 17.0 Å². The van der Waals surface area contributed by atoms with Crippen LogP contribution in [0, 0.1) is 5.92 Å². The number of Topliss-reactive ketones (excluding diaryl/α,β-unsaturated/α-hetero) is 1. The number of carbonyl (C=O) groups is 1. The highest BCUT2D eigenvalue weighted by atomic mass is 16.5. The number of fused-ring (bicyclic) bond motifs is 1. The van der Waals surface area contributed by atoms with E-state index in [4.69, 9.17) is 14.2 Å². The van der Waals surface area contributed by atoms with Crippen LogP contribution in [0.3, 0.4) is 0 Å². The molecule has 1 fully saturated rings. The van der Waals surface area contributed by atoms with Crippen LogP contribution in [0.15, 0.2) is 54.8 Å². The number of hydrogen-bond acceptors (Lipinski definition) is 5. The average molecular weight is 379 g/mol. The van der Waals surface area contributed by atoms with Gasteiger partial charge in [-0.15, -0.1) is 0 Å². The van der Waals surface area contributed by atoms with Gasteiger partial charge in [0.1, 0.15) is 17.6 Å². The van der Waals surface area contributed by atoms with Crippen LogP contribution in [0.2, 0.25) is 0 Å². The second kappa shape index (κ2) is 7.97. The largest absolute Gasteiger partial charge is 0.497 e. The summed E-state index contributed by atoms with van der Waals surface area (Å²) in [5, 5.41) is 3.55. The summed E-state index contributed by atoms with van der Waals surface area (Å²) >= 11 is 0. The predicted molar refractivity (Wildman–Crippen MR) is 109 cm³/mol. The summed E-state index contributed by atoms with van der Waals surface area (Å²) < 4.78 is 16.7. The molecule has 1 aliphatic carbocycles. The Morgan fingerprint density at radius 2 is 1.89 bits per heavy atom. The highest BCUT2D eigenvalue weighted by Gasteiger charge is 2.40. The minimum absolute atomic E-state index is 0.0946. The molecule has 0 amide bonds. The number of ketones is 1. The van der Waals surface area contributed by atoms with Crippen LogP contribution < -0.4 is 14.8 Å². The third-order valence-electron chi connectivity index (χ3n) is 5.59. The van der Waals surface area contributed by atoms with E-state index in [0.717, 1.165) is 36.3 Å². The van der Waals surface area contributed by atoms with E-state index in [0.29, 0.717) is 11.3 Å². The van der Waals surface area contributed by atoms with Crippen molar-refractivity contribution < 1.29 is 19.0 Å². The summed E-state index contributed by atoms with van der Waals surface area (Å²) in [6, 6.07) is 15.8. The summed E-state index contributed by atoms with van der Waals surface area (Å²) in [5.74, 6) is 1.57. The maximum Gasteiger partial charge on any atom is 0.173 e. The first kappa shape index (κ1) is 18.4. The fourth-order valence-electron chi connectivity index (χ4n) is 4.14. The normalized spacial score (nSPS) is 23.9. The Hall–Kier alpha value is -2.95. The number of methoxy groups -OCH3 is 2. The van der Waals surface area contributed by atoms with Crippen molar-refractivity contribution in [3.63, 3.8) is 0 Å². The molecule has 5 nitrogen and oxygen atoms in total. The van der Waals surface area contributed by atoms with Crippen LogP contribution in [0.4, 0.5) is 5.69 Å². The Morgan fingerprint density at radius 3 is 2.71 bits per heavy atom. The van der Waals surface area contributed by atoms with Crippen LogP contribution in [0.5, 0.6) is 11.5 Å². The third kappa shape index (κ3) is 3.57. The van der Waals surface area contributed by atoms with Gasteiger partial charge in [0.25, 0.3) is 0 Å². The van der Waals surface area contributed by atoms with E-state index < -0.39 is 0 Å². The summed E-state index contributed by atoms with van der Waals surface area (Å²) in [6.07, 6.45) is 4.05. The molecule has 146 valence electrons. The van der Waals surface area contributed by atoms with Gasteiger partial charge in [-0.2, -0.15) is 0 Å². The lowest BCUT2D eigenvalue weighted by atomic mass is 9.77. The SMILES string of the molecule is COc1cccc(NC2CCC3C(=O)C(c4ccccc4OC)=COC3C2)c1. The number of hydrogen-bond donors (Lipinski definition) is 1. The predicted octanol–water partition coefficient (Wildman–Crippen LogP) is 4.29. The monoisotopic (exact) mass is 379 g/mol. The van der Waals surface area contributed by atoms with Crippen molar-refractivity contribution in [2.24, 2.45) is 5.92 Å². The number of carbonyl (C=O) groups excluding carboxylic acids is 1. The molecule has 2 aromatic carbocycles. The Morgan fingerprint density at radius 1 is 1.04 bits per heavy atom. The molecule has 4 rings (SSSR count). The van der Waals surface area contributed by atoms with Crippen LogP contribution in [-0.2, 0) is 9.53 Å². The highest BCUT2D eigenvalue weighted by molar-refractivity contribution is 6.22. The number of ether oxygens (including phenoxy) is 3. The lowest BCUT2D eigenvalue weighted by molar-refractivity contribution is -0.124. The van der Waals surface area contributed by atoms with Crippen molar-refractivity contribution in [1.29, 1.82) is 0 Å². The number of rotatable bonds is 5. The molecule has 0 saturated heterocycles. The molecule has 0 bridgehead atoms. The third-order valence-corrected chi connectivity index (χ3v) is 5.59. The highest BCUT2D eigenvalue weighted by Crippen LogP contribution is 2.39. The zero-order chi connectivity index (χ0) is 19.5. The molecule has 0 radical (unpaired) electrons. The lowest BCUT2D eigenvalue weighted by Crippen LogP contribution is -2.42. The van der Waals surface area contributed by atoms with Crippen LogP contribution in [0.25, 0.3) is 5.57 Å². The van der Waals surface area contributed by atoms with E-state index in [1.807, 2.05) is 48.5 Å². The quantitative estimate of drug-likeness (QED) is 0.840. The molecule has 2 aromatic rings. The first-order valence-corrected chi connectivity index (χ1v) is 9.63. The molecule has 1 heterocycles. The van der Waals surface area contributed by atoms with Gasteiger partial charge < -0.3 is 19.5 Å². The van der Waals surface area contributed by atoms with Crippen molar-refractivity contribution in [2.75, 3.05) is 19.5 Å². The average Bonchev–Trinajstić information content (AvgIpc) is 2.74. The maximum atomic E-state index is 13.1. The van der Waals surface area contributed by atoms with E-state index in [9.17, 15) is 4.79 Å². The van der Waals surface area contributed by atoms with Gasteiger partial charge in [-0.1, -0.05) is 24.3 Å².